The molecule has 0 saturated carbocycles. The Morgan fingerprint density at radius 2 is 1.64 bits per heavy atom. The third-order valence-corrected chi connectivity index (χ3v) is 4.26. The highest BCUT2D eigenvalue weighted by Crippen LogP contribution is 2.22. The van der Waals surface area contributed by atoms with E-state index < -0.39 is 11.6 Å². The summed E-state index contributed by atoms with van der Waals surface area (Å²) in [4.78, 5) is 14.3. The molecule has 0 aromatic heterocycles. The first-order valence-corrected chi connectivity index (χ1v) is 8.12. The maximum absolute atomic E-state index is 13.2. The molecule has 0 spiro atoms. The highest BCUT2D eigenvalue weighted by molar-refractivity contribution is 5.94. The normalized spacial score (nSPS) is 15.1. The first kappa shape index (κ1) is 17.2. The van der Waals surface area contributed by atoms with E-state index in [9.17, 15) is 13.6 Å². The highest BCUT2D eigenvalue weighted by Gasteiger charge is 2.25. The zero-order chi connectivity index (χ0) is 17.8. The number of carbonyl (C=O) groups is 1. The number of halogens is 2. The molecule has 0 N–H and O–H groups in total. The number of nitrogens with zero attached hydrogens (tertiary/aromatic N) is 1. The van der Waals surface area contributed by atoms with E-state index in [1.807, 2.05) is 0 Å². The van der Waals surface area contributed by atoms with Crippen molar-refractivity contribution in [3.63, 3.8) is 0 Å². The molecule has 0 radical (unpaired) electrons. The lowest BCUT2D eigenvalue weighted by atomic mass is 10.1. The molecule has 1 fully saturated rings. The van der Waals surface area contributed by atoms with Crippen LogP contribution in [0.5, 0.6) is 11.5 Å². The van der Waals surface area contributed by atoms with Crippen molar-refractivity contribution in [2.75, 3.05) is 20.2 Å². The van der Waals surface area contributed by atoms with Crippen LogP contribution in [0.3, 0.4) is 0 Å². The van der Waals surface area contributed by atoms with Gasteiger partial charge in [-0.3, -0.25) is 4.79 Å². The van der Waals surface area contributed by atoms with E-state index >= 15 is 0 Å². The topological polar surface area (TPSA) is 38.8 Å². The predicted octanol–water partition coefficient (Wildman–Crippen LogP) is 3.66. The number of piperidine rings is 1. The lowest BCUT2D eigenvalue weighted by molar-refractivity contribution is 0.0595. The van der Waals surface area contributed by atoms with E-state index in [2.05, 4.69) is 0 Å². The Kier molecular flexibility index (Phi) is 5.16. The van der Waals surface area contributed by atoms with Gasteiger partial charge in [0.25, 0.3) is 5.91 Å². The number of benzene rings is 2. The van der Waals surface area contributed by atoms with Crippen molar-refractivity contribution >= 4 is 5.91 Å². The van der Waals surface area contributed by atoms with Gasteiger partial charge in [-0.1, -0.05) is 0 Å². The van der Waals surface area contributed by atoms with Crippen molar-refractivity contribution in [2.24, 2.45) is 0 Å². The zero-order valence-corrected chi connectivity index (χ0v) is 13.9. The summed E-state index contributed by atoms with van der Waals surface area (Å²) in [5.41, 5.74) is 0.612. The number of carbonyl (C=O) groups excluding carboxylic acids is 1. The molecular formula is C19H19F2NO3. The van der Waals surface area contributed by atoms with Crippen LogP contribution in [0.25, 0.3) is 0 Å². The second-order valence-corrected chi connectivity index (χ2v) is 5.91. The molecule has 1 aliphatic heterocycles. The zero-order valence-electron chi connectivity index (χ0n) is 13.9. The van der Waals surface area contributed by atoms with Crippen LogP contribution in [0, 0.1) is 11.6 Å². The minimum absolute atomic E-state index is 0.0334. The minimum Gasteiger partial charge on any atom is -0.497 e. The molecule has 132 valence electrons. The number of hydrogen-bond donors (Lipinski definition) is 0. The van der Waals surface area contributed by atoms with E-state index in [4.69, 9.17) is 9.47 Å². The van der Waals surface area contributed by atoms with Gasteiger partial charge in [0.2, 0.25) is 0 Å². The van der Waals surface area contributed by atoms with Gasteiger partial charge in [0.1, 0.15) is 17.6 Å². The third kappa shape index (κ3) is 4.07. The van der Waals surface area contributed by atoms with Crippen LogP contribution in [-0.4, -0.2) is 37.1 Å². The number of methoxy groups -OCH3 is 1. The van der Waals surface area contributed by atoms with Crippen molar-refractivity contribution in [3.05, 3.63) is 59.7 Å². The van der Waals surface area contributed by atoms with Crippen LogP contribution in [0.1, 0.15) is 23.2 Å². The van der Waals surface area contributed by atoms with Gasteiger partial charge >= 0.3 is 0 Å². The van der Waals surface area contributed by atoms with Crippen LogP contribution in [0.15, 0.2) is 42.5 Å². The summed E-state index contributed by atoms with van der Waals surface area (Å²) in [5.74, 6) is -0.847. The standard InChI is InChI=1S/C19H19F2NO3/c1-24-14-4-2-13(3-5-14)19(23)22-10-8-15(9-11-22)25-16-6-7-17(20)18(21)12-16/h2-7,12,15H,8-11H2,1H3. The van der Waals surface area contributed by atoms with Crippen LogP contribution in [0.4, 0.5) is 8.78 Å². The first-order valence-electron chi connectivity index (χ1n) is 8.12. The molecule has 0 bridgehead atoms. The van der Waals surface area contributed by atoms with E-state index in [-0.39, 0.29) is 12.0 Å². The van der Waals surface area contributed by atoms with Crippen molar-refractivity contribution in [2.45, 2.75) is 18.9 Å². The second kappa shape index (κ2) is 7.51. The molecule has 0 aliphatic carbocycles. The van der Waals surface area contributed by atoms with Crippen LogP contribution < -0.4 is 9.47 Å². The average Bonchev–Trinajstić information content (AvgIpc) is 2.65. The van der Waals surface area contributed by atoms with Gasteiger partial charge in [-0.2, -0.15) is 0 Å². The molecule has 1 amide bonds. The fourth-order valence-corrected chi connectivity index (χ4v) is 2.84. The van der Waals surface area contributed by atoms with E-state index in [0.29, 0.717) is 43.0 Å². The molecule has 25 heavy (non-hydrogen) atoms. The fourth-order valence-electron chi connectivity index (χ4n) is 2.84. The number of hydrogen-bond acceptors (Lipinski definition) is 3. The molecular weight excluding hydrogens is 328 g/mol. The molecule has 4 nitrogen and oxygen atoms in total. The van der Waals surface area contributed by atoms with Crippen molar-refractivity contribution < 1.29 is 23.0 Å². The second-order valence-electron chi connectivity index (χ2n) is 5.91. The Labute approximate surface area is 145 Å². The molecule has 2 aromatic carbocycles. The van der Waals surface area contributed by atoms with Gasteiger partial charge < -0.3 is 14.4 Å². The number of rotatable bonds is 4. The van der Waals surface area contributed by atoms with Gasteiger partial charge in [-0.05, 0) is 36.4 Å². The lowest BCUT2D eigenvalue weighted by Gasteiger charge is -2.32. The van der Waals surface area contributed by atoms with Gasteiger partial charge in [0.15, 0.2) is 11.6 Å². The minimum atomic E-state index is -0.926. The lowest BCUT2D eigenvalue weighted by Crippen LogP contribution is -2.41. The van der Waals surface area contributed by atoms with Crippen LogP contribution in [0.2, 0.25) is 0 Å². The molecule has 1 aliphatic rings. The third-order valence-electron chi connectivity index (χ3n) is 4.26. The fraction of sp³-hybridized carbons (Fsp3) is 0.316. The largest absolute Gasteiger partial charge is 0.497 e. The Balaban J connectivity index is 1.55. The number of ether oxygens (including phenoxy) is 2. The molecule has 6 heteroatoms. The molecule has 0 unspecified atom stereocenters. The molecule has 2 aromatic rings. The Morgan fingerprint density at radius 3 is 2.24 bits per heavy atom. The SMILES string of the molecule is COc1ccc(C(=O)N2CCC(Oc3ccc(F)c(F)c3)CC2)cc1. The summed E-state index contributed by atoms with van der Waals surface area (Å²) in [6.07, 6.45) is 1.16. The molecule has 3 rings (SSSR count). The summed E-state index contributed by atoms with van der Waals surface area (Å²) in [6.45, 7) is 1.11. The van der Waals surface area contributed by atoms with Gasteiger partial charge in [-0.15, -0.1) is 0 Å². The number of likely N-dealkylation sites (tertiary alicyclic amines) is 1. The van der Waals surface area contributed by atoms with Crippen molar-refractivity contribution in [1.29, 1.82) is 0 Å². The Hall–Kier alpha value is -2.63. The summed E-state index contributed by atoms with van der Waals surface area (Å²) >= 11 is 0. The van der Waals surface area contributed by atoms with E-state index in [0.717, 1.165) is 12.1 Å². The molecule has 1 saturated heterocycles. The molecule has 0 atom stereocenters. The summed E-state index contributed by atoms with van der Waals surface area (Å²) < 4.78 is 37.0. The van der Waals surface area contributed by atoms with E-state index in [1.165, 1.54) is 6.07 Å². The van der Waals surface area contributed by atoms with Crippen LogP contribution in [-0.2, 0) is 0 Å². The van der Waals surface area contributed by atoms with Crippen molar-refractivity contribution in [1.82, 2.24) is 4.90 Å². The maximum Gasteiger partial charge on any atom is 0.253 e. The van der Waals surface area contributed by atoms with Gasteiger partial charge in [0, 0.05) is 37.6 Å². The van der Waals surface area contributed by atoms with Crippen LogP contribution >= 0.6 is 0 Å². The monoisotopic (exact) mass is 347 g/mol. The van der Waals surface area contributed by atoms with Crippen molar-refractivity contribution in [3.8, 4) is 11.5 Å². The number of amides is 1. The smallest absolute Gasteiger partial charge is 0.253 e. The maximum atomic E-state index is 13.2. The predicted molar refractivity (Wildman–Crippen MR) is 88.9 cm³/mol. The van der Waals surface area contributed by atoms with Gasteiger partial charge in [0.05, 0.1) is 7.11 Å². The Bertz CT molecular complexity index is 741. The highest BCUT2D eigenvalue weighted by atomic mass is 19.2. The summed E-state index contributed by atoms with van der Waals surface area (Å²) in [6, 6.07) is 10.5. The quantitative estimate of drug-likeness (QED) is 0.847. The summed E-state index contributed by atoms with van der Waals surface area (Å²) in [7, 11) is 1.58. The first-order chi connectivity index (χ1) is 12.1. The average molecular weight is 347 g/mol. The molecule has 1 heterocycles. The Morgan fingerprint density at radius 1 is 1.00 bits per heavy atom. The summed E-state index contributed by atoms with van der Waals surface area (Å²) in [5, 5.41) is 0. The van der Waals surface area contributed by atoms with E-state index in [1.54, 1.807) is 36.3 Å². The van der Waals surface area contributed by atoms with Gasteiger partial charge in [-0.25, -0.2) is 8.78 Å².